The van der Waals surface area contributed by atoms with Crippen LogP contribution in [0.2, 0.25) is 0 Å². The van der Waals surface area contributed by atoms with Gasteiger partial charge in [0.1, 0.15) is 11.9 Å². The van der Waals surface area contributed by atoms with Crippen molar-refractivity contribution in [2.75, 3.05) is 13.2 Å². The Morgan fingerprint density at radius 3 is 2.75 bits per heavy atom. The molecule has 2 aromatic rings. The molecule has 0 aliphatic rings. The number of benzene rings is 1. The maximum Gasteiger partial charge on any atom is 0.258 e. The number of ether oxygens (including phenoxy) is 1. The molecule has 5 heteroatoms. The highest BCUT2D eigenvalue weighted by atomic mass is 32.1. The molecule has 0 fully saturated rings. The summed E-state index contributed by atoms with van der Waals surface area (Å²) >= 11 is 1.46. The first-order valence-corrected chi connectivity index (χ1v) is 7.21. The summed E-state index contributed by atoms with van der Waals surface area (Å²) in [7, 11) is 0. The van der Waals surface area contributed by atoms with Crippen LogP contribution in [-0.2, 0) is 4.79 Å². The molecule has 1 aromatic heterocycles. The number of carbonyl (C=O) groups excluding carboxylic acids is 1. The third kappa shape index (κ3) is 4.36. The van der Waals surface area contributed by atoms with E-state index in [1.165, 1.54) is 11.3 Å². The number of aliphatic hydroxyl groups is 1. The fraction of sp³-hybridized carbons (Fsp3) is 0.267. The van der Waals surface area contributed by atoms with Gasteiger partial charge in [-0.1, -0.05) is 23.8 Å². The third-order valence-corrected chi connectivity index (χ3v) is 3.73. The van der Waals surface area contributed by atoms with Gasteiger partial charge in [-0.2, -0.15) is 0 Å². The minimum Gasteiger partial charge on any atom is -0.484 e. The second kappa shape index (κ2) is 7.07. The summed E-state index contributed by atoms with van der Waals surface area (Å²) in [6.45, 7) is 2.12. The molecular formula is C15H17NO3S. The number of nitrogens with one attached hydrogen (secondary N) is 1. The van der Waals surface area contributed by atoms with Gasteiger partial charge in [0.2, 0.25) is 0 Å². The Hall–Kier alpha value is -1.85. The smallest absolute Gasteiger partial charge is 0.258 e. The minimum absolute atomic E-state index is 0.0553. The number of carbonyl (C=O) groups is 1. The van der Waals surface area contributed by atoms with E-state index in [2.05, 4.69) is 5.32 Å². The molecule has 0 radical (unpaired) electrons. The van der Waals surface area contributed by atoms with E-state index in [-0.39, 0.29) is 19.1 Å². The lowest BCUT2D eigenvalue weighted by atomic mass is 10.2. The second-order valence-corrected chi connectivity index (χ2v) is 5.42. The topological polar surface area (TPSA) is 58.6 Å². The van der Waals surface area contributed by atoms with Crippen molar-refractivity contribution in [3.63, 3.8) is 0 Å². The van der Waals surface area contributed by atoms with Crippen molar-refractivity contribution in [2.45, 2.75) is 13.0 Å². The van der Waals surface area contributed by atoms with Crippen molar-refractivity contribution >= 4 is 17.2 Å². The lowest BCUT2D eigenvalue weighted by molar-refractivity contribution is -0.123. The van der Waals surface area contributed by atoms with E-state index in [9.17, 15) is 9.90 Å². The standard InChI is InChI=1S/C15H17NO3S/c1-11-4-6-12(7-5-11)19-10-15(18)16-9-13(17)14-3-2-8-20-14/h2-8,13,17H,9-10H2,1H3,(H,16,18). The molecule has 0 aliphatic carbocycles. The van der Waals surface area contributed by atoms with Crippen molar-refractivity contribution in [3.05, 3.63) is 52.2 Å². The summed E-state index contributed by atoms with van der Waals surface area (Å²) in [5.74, 6) is 0.408. The number of hydrogen-bond acceptors (Lipinski definition) is 4. The molecule has 0 saturated heterocycles. The van der Waals surface area contributed by atoms with Crippen molar-refractivity contribution in [3.8, 4) is 5.75 Å². The van der Waals surface area contributed by atoms with Gasteiger partial charge in [-0.25, -0.2) is 0 Å². The maximum atomic E-state index is 11.6. The Labute approximate surface area is 122 Å². The van der Waals surface area contributed by atoms with Crippen LogP contribution >= 0.6 is 11.3 Å². The largest absolute Gasteiger partial charge is 0.484 e. The van der Waals surface area contributed by atoms with Gasteiger partial charge in [0.15, 0.2) is 6.61 Å². The number of rotatable bonds is 6. The number of aryl methyl sites for hydroxylation is 1. The number of hydrogen-bond donors (Lipinski definition) is 2. The zero-order valence-corrected chi connectivity index (χ0v) is 12.0. The zero-order chi connectivity index (χ0) is 14.4. The highest BCUT2D eigenvalue weighted by molar-refractivity contribution is 7.10. The Morgan fingerprint density at radius 2 is 2.10 bits per heavy atom. The summed E-state index contributed by atoms with van der Waals surface area (Å²) in [6.07, 6.45) is -0.668. The van der Waals surface area contributed by atoms with Crippen LogP contribution in [0, 0.1) is 6.92 Å². The second-order valence-electron chi connectivity index (χ2n) is 4.44. The Morgan fingerprint density at radius 1 is 1.35 bits per heavy atom. The molecule has 0 saturated carbocycles. The quantitative estimate of drug-likeness (QED) is 0.858. The molecule has 106 valence electrons. The van der Waals surface area contributed by atoms with E-state index >= 15 is 0 Å². The highest BCUT2D eigenvalue weighted by Crippen LogP contribution is 2.17. The summed E-state index contributed by atoms with van der Waals surface area (Å²) in [6, 6.07) is 11.2. The average Bonchev–Trinajstić information content (AvgIpc) is 2.98. The van der Waals surface area contributed by atoms with Gasteiger partial charge in [0.25, 0.3) is 5.91 Å². The number of amides is 1. The van der Waals surface area contributed by atoms with Crippen LogP contribution in [-0.4, -0.2) is 24.2 Å². The molecule has 1 atom stereocenters. The van der Waals surface area contributed by atoms with Crippen LogP contribution < -0.4 is 10.1 Å². The van der Waals surface area contributed by atoms with Crippen molar-refractivity contribution in [1.82, 2.24) is 5.32 Å². The monoisotopic (exact) mass is 291 g/mol. The van der Waals surface area contributed by atoms with Crippen LogP contribution in [0.3, 0.4) is 0 Å². The van der Waals surface area contributed by atoms with E-state index in [0.717, 1.165) is 10.4 Å². The Balaban J connectivity index is 1.71. The molecule has 1 amide bonds. The predicted molar refractivity (Wildman–Crippen MR) is 79.0 cm³/mol. The first-order chi connectivity index (χ1) is 9.65. The van der Waals surface area contributed by atoms with Crippen molar-refractivity contribution in [1.29, 1.82) is 0 Å². The lowest BCUT2D eigenvalue weighted by Gasteiger charge is -2.11. The van der Waals surface area contributed by atoms with Crippen LogP contribution in [0.25, 0.3) is 0 Å². The molecule has 2 N–H and O–H groups in total. The molecule has 1 unspecified atom stereocenters. The van der Waals surface area contributed by atoms with Crippen molar-refractivity contribution < 1.29 is 14.6 Å². The first-order valence-electron chi connectivity index (χ1n) is 6.33. The molecular weight excluding hydrogens is 274 g/mol. The number of thiophene rings is 1. The van der Waals surface area contributed by atoms with E-state index < -0.39 is 6.10 Å². The van der Waals surface area contributed by atoms with Crippen molar-refractivity contribution in [2.24, 2.45) is 0 Å². The van der Waals surface area contributed by atoms with Gasteiger partial charge in [0, 0.05) is 11.4 Å². The van der Waals surface area contributed by atoms with Crippen LogP contribution in [0.4, 0.5) is 0 Å². The molecule has 4 nitrogen and oxygen atoms in total. The summed E-state index contributed by atoms with van der Waals surface area (Å²) < 4.78 is 5.35. The minimum atomic E-state index is -0.668. The summed E-state index contributed by atoms with van der Waals surface area (Å²) in [5.41, 5.74) is 1.14. The Bertz CT molecular complexity index is 537. The average molecular weight is 291 g/mol. The SMILES string of the molecule is Cc1ccc(OCC(=O)NCC(O)c2cccs2)cc1. The third-order valence-electron chi connectivity index (χ3n) is 2.76. The lowest BCUT2D eigenvalue weighted by Crippen LogP contribution is -2.32. The summed E-state index contributed by atoms with van der Waals surface area (Å²) in [5, 5.41) is 14.4. The van der Waals surface area contributed by atoms with Crippen LogP contribution in [0.15, 0.2) is 41.8 Å². The van der Waals surface area contributed by atoms with Gasteiger partial charge in [-0.05, 0) is 30.5 Å². The number of aliphatic hydroxyl groups excluding tert-OH is 1. The Kier molecular flexibility index (Phi) is 5.15. The van der Waals surface area contributed by atoms with Gasteiger partial charge < -0.3 is 15.2 Å². The molecule has 0 spiro atoms. The van der Waals surface area contributed by atoms with E-state index in [0.29, 0.717) is 5.75 Å². The van der Waals surface area contributed by atoms with E-state index in [4.69, 9.17) is 4.74 Å². The molecule has 1 aromatic carbocycles. The van der Waals surface area contributed by atoms with Gasteiger partial charge in [-0.3, -0.25) is 4.79 Å². The molecule has 20 heavy (non-hydrogen) atoms. The molecule has 1 heterocycles. The van der Waals surface area contributed by atoms with Gasteiger partial charge in [-0.15, -0.1) is 11.3 Å². The molecule has 2 rings (SSSR count). The summed E-state index contributed by atoms with van der Waals surface area (Å²) in [4.78, 5) is 12.5. The van der Waals surface area contributed by atoms with Gasteiger partial charge >= 0.3 is 0 Å². The van der Waals surface area contributed by atoms with Crippen LogP contribution in [0.5, 0.6) is 5.75 Å². The predicted octanol–water partition coefficient (Wildman–Crippen LogP) is 2.29. The zero-order valence-electron chi connectivity index (χ0n) is 11.2. The van der Waals surface area contributed by atoms with Crippen LogP contribution in [0.1, 0.15) is 16.5 Å². The fourth-order valence-corrected chi connectivity index (χ4v) is 2.34. The highest BCUT2D eigenvalue weighted by Gasteiger charge is 2.10. The fourth-order valence-electron chi connectivity index (χ4n) is 1.63. The first kappa shape index (κ1) is 14.6. The maximum absolute atomic E-state index is 11.6. The normalized spacial score (nSPS) is 11.9. The molecule has 0 bridgehead atoms. The van der Waals surface area contributed by atoms with E-state index in [1.807, 2.05) is 48.7 Å². The van der Waals surface area contributed by atoms with E-state index in [1.54, 1.807) is 0 Å². The van der Waals surface area contributed by atoms with Gasteiger partial charge in [0.05, 0.1) is 0 Å². The molecule has 0 aliphatic heterocycles.